The summed E-state index contributed by atoms with van der Waals surface area (Å²) < 4.78 is 2.29. The average Bonchev–Trinajstić information content (AvgIpc) is 3.03. The molecule has 6 rings (SSSR count). The molecule has 3 aliphatic carbocycles. The molecule has 3 saturated carbocycles. The molecule has 29 heavy (non-hydrogen) atoms. The highest BCUT2D eigenvalue weighted by Gasteiger charge is 2.47. The lowest BCUT2D eigenvalue weighted by atomic mass is 9.57. The van der Waals surface area contributed by atoms with E-state index < -0.39 is 0 Å². The highest BCUT2D eigenvalue weighted by atomic mass is 15.3. The van der Waals surface area contributed by atoms with Crippen LogP contribution in [0.4, 0.5) is 11.5 Å². The van der Waals surface area contributed by atoms with Crippen LogP contribution in [0.3, 0.4) is 0 Å². The highest BCUT2D eigenvalue weighted by molar-refractivity contribution is 5.90. The number of hydrogen-bond donors (Lipinski definition) is 3. The van der Waals surface area contributed by atoms with Crippen LogP contribution in [-0.2, 0) is 19.5 Å². The number of rotatable bonds is 4. The standard InChI is InChI=1S/C22H31N7/c1-15-17-13-28(19-2-10-26-20(24)16(19)12-23)11-3-18(17)27-29(15)14-21-4-7-22(25,8-5-21)9-6-21/h2,10,12,23H,3-9,11,13-14,25H2,1H3,(H2,24,26)/p+1. The van der Waals surface area contributed by atoms with Gasteiger partial charge in [0.15, 0.2) is 6.21 Å². The molecule has 2 bridgehead atoms. The molecule has 3 fully saturated rings. The van der Waals surface area contributed by atoms with Crippen molar-refractivity contribution >= 4 is 17.7 Å². The highest BCUT2D eigenvalue weighted by Crippen LogP contribution is 2.52. The van der Waals surface area contributed by atoms with Gasteiger partial charge in [-0.05, 0) is 56.9 Å². The molecule has 0 aromatic carbocycles. The van der Waals surface area contributed by atoms with Gasteiger partial charge in [0.1, 0.15) is 11.4 Å². The first-order chi connectivity index (χ1) is 13.9. The molecule has 6 N–H and O–H groups in total. The van der Waals surface area contributed by atoms with Gasteiger partial charge >= 0.3 is 0 Å². The number of fused-ring (bicyclic) bond motifs is 4. The number of hydrogen-bond acceptors (Lipinski definition) is 5. The van der Waals surface area contributed by atoms with Crippen molar-refractivity contribution in [3.8, 4) is 0 Å². The van der Waals surface area contributed by atoms with Crippen LogP contribution in [-0.4, -0.2) is 33.1 Å². The zero-order valence-electron chi connectivity index (χ0n) is 17.3. The van der Waals surface area contributed by atoms with Gasteiger partial charge in [0, 0.05) is 49.0 Å². The zero-order valence-corrected chi connectivity index (χ0v) is 17.3. The lowest BCUT2D eigenvalue weighted by molar-refractivity contribution is -0.104. The Labute approximate surface area is 172 Å². The van der Waals surface area contributed by atoms with E-state index >= 15 is 0 Å². The van der Waals surface area contributed by atoms with Crippen LogP contribution in [0.5, 0.6) is 0 Å². The summed E-state index contributed by atoms with van der Waals surface area (Å²) in [5, 5.41) is 10.9. The topological polar surface area (TPSA) is 112 Å². The largest absolute Gasteiger partial charge is 0.383 e. The molecular formula is C22H32N7+. The summed E-state index contributed by atoms with van der Waals surface area (Å²) in [5.74, 6) is 0.480. The van der Waals surface area contributed by atoms with E-state index in [1.54, 1.807) is 12.4 Å². The molecule has 0 radical (unpaired) electrons. The van der Waals surface area contributed by atoms with E-state index in [1.165, 1.54) is 55.5 Å². The predicted octanol–water partition coefficient (Wildman–Crippen LogP) is 0.961. The number of nitrogens with zero attached hydrogens (tertiary/aromatic N) is 4. The van der Waals surface area contributed by atoms with Gasteiger partial charge in [0.05, 0.1) is 11.4 Å². The normalized spacial score (nSPS) is 28.4. The van der Waals surface area contributed by atoms with Gasteiger partial charge in [-0.2, -0.15) is 5.10 Å². The summed E-state index contributed by atoms with van der Waals surface area (Å²) in [6, 6.07) is 2.00. The van der Waals surface area contributed by atoms with E-state index in [-0.39, 0.29) is 5.54 Å². The van der Waals surface area contributed by atoms with Crippen molar-refractivity contribution in [1.82, 2.24) is 14.8 Å². The van der Waals surface area contributed by atoms with Crippen molar-refractivity contribution in [1.29, 1.82) is 0 Å². The first-order valence-electron chi connectivity index (χ1n) is 10.8. The van der Waals surface area contributed by atoms with Crippen LogP contribution < -0.4 is 21.8 Å². The minimum Gasteiger partial charge on any atom is -0.383 e. The lowest BCUT2D eigenvalue weighted by Gasteiger charge is -2.52. The number of nitrogen functional groups attached to an aromatic ring is 1. The minimum absolute atomic E-state index is 0.116. The summed E-state index contributed by atoms with van der Waals surface area (Å²) in [7, 11) is 0. The summed E-state index contributed by atoms with van der Waals surface area (Å²) in [5.41, 5.74) is 18.8. The van der Waals surface area contributed by atoms with Crippen LogP contribution in [0, 0.1) is 12.3 Å². The third kappa shape index (κ3) is 3.03. The van der Waals surface area contributed by atoms with Gasteiger partial charge in [-0.25, -0.2) is 4.98 Å². The Hall–Kier alpha value is -2.41. The van der Waals surface area contributed by atoms with Crippen molar-refractivity contribution in [3.05, 3.63) is 34.8 Å². The fourth-order valence-corrected chi connectivity index (χ4v) is 5.69. The van der Waals surface area contributed by atoms with Crippen molar-refractivity contribution in [2.75, 3.05) is 17.2 Å². The average molecular weight is 395 g/mol. The molecular weight excluding hydrogens is 362 g/mol. The molecule has 2 aromatic heterocycles. The molecule has 154 valence electrons. The Bertz CT molecular complexity index is 936. The predicted molar refractivity (Wildman–Crippen MR) is 115 cm³/mol. The van der Waals surface area contributed by atoms with Crippen LogP contribution in [0.1, 0.15) is 61.0 Å². The summed E-state index contributed by atoms with van der Waals surface area (Å²) >= 11 is 0. The quantitative estimate of drug-likeness (QED) is 0.669. The second-order valence-electron chi connectivity index (χ2n) is 9.50. The number of nitrogens with two attached hydrogens (primary N) is 3. The molecule has 1 aliphatic heterocycles. The van der Waals surface area contributed by atoms with E-state index in [2.05, 4.69) is 21.5 Å². The summed E-state index contributed by atoms with van der Waals surface area (Å²) in [6.07, 6.45) is 11.5. The van der Waals surface area contributed by atoms with Gasteiger partial charge < -0.3 is 16.4 Å². The second-order valence-corrected chi connectivity index (χ2v) is 9.50. The maximum absolute atomic E-state index is 6.51. The minimum atomic E-state index is 0.116. The molecule has 0 atom stereocenters. The molecule has 3 heterocycles. The maximum Gasteiger partial charge on any atom is 0.173 e. The first-order valence-corrected chi connectivity index (χ1v) is 10.8. The molecule has 0 unspecified atom stereocenters. The molecule has 2 aromatic rings. The van der Waals surface area contributed by atoms with E-state index in [4.69, 9.17) is 22.0 Å². The molecule has 0 spiro atoms. The Morgan fingerprint density at radius 1 is 1.21 bits per heavy atom. The number of pyridine rings is 1. The lowest BCUT2D eigenvalue weighted by Crippen LogP contribution is -2.53. The van der Waals surface area contributed by atoms with Crippen molar-refractivity contribution in [2.24, 2.45) is 11.1 Å². The smallest absolute Gasteiger partial charge is 0.173 e. The van der Waals surface area contributed by atoms with Gasteiger partial charge in [-0.15, -0.1) is 0 Å². The Morgan fingerprint density at radius 2 is 1.93 bits per heavy atom. The Morgan fingerprint density at radius 3 is 2.62 bits per heavy atom. The SMILES string of the molecule is Cc1c2c(nn1CC13CCC(N)(CC1)CC3)CCN(c1ccnc(N)c1C=[NH2+])C2. The van der Waals surface area contributed by atoms with Gasteiger partial charge in [0.25, 0.3) is 0 Å². The molecule has 7 nitrogen and oxygen atoms in total. The van der Waals surface area contributed by atoms with E-state index in [0.29, 0.717) is 11.2 Å². The number of aromatic nitrogens is 3. The monoisotopic (exact) mass is 394 g/mol. The van der Waals surface area contributed by atoms with Crippen LogP contribution in [0.25, 0.3) is 0 Å². The third-order valence-electron chi connectivity index (χ3n) is 7.83. The third-order valence-corrected chi connectivity index (χ3v) is 7.83. The maximum atomic E-state index is 6.51. The molecule has 4 aliphatic rings. The zero-order chi connectivity index (χ0) is 20.2. The van der Waals surface area contributed by atoms with E-state index in [1.807, 2.05) is 6.07 Å². The summed E-state index contributed by atoms with van der Waals surface area (Å²) in [4.78, 5) is 6.52. The second kappa shape index (κ2) is 6.55. The van der Waals surface area contributed by atoms with Crippen LogP contribution in [0.15, 0.2) is 12.3 Å². The van der Waals surface area contributed by atoms with Crippen LogP contribution in [0.2, 0.25) is 0 Å². The van der Waals surface area contributed by atoms with E-state index in [9.17, 15) is 0 Å². The van der Waals surface area contributed by atoms with Gasteiger partial charge in [-0.3, -0.25) is 10.1 Å². The molecule has 7 heteroatoms. The fourth-order valence-electron chi connectivity index (χ4n) is 5.69. The summed E-state index contributed by atoms with van der Waals surface area (Å²) in [6.45, 7) is 5.01. The Balaban J connectivity index is 1.40. The van der Waals surface area contributed by atoms with Crippen LogP contribution >= 0.6 is 0 Å². The van der Waals surface area contributed by atoms with Gasteiger partial charge in [-0.1, -0.05) is 0 Å². The van der Waals surface area contributed by atoms with Gasteiger partial charge in [0.2, 0.25) is 0 Å². The van der Waals surface area contributed by atoms with Crippen molar-refractivity contribution in [3.63, 3.8) is 0 Å². The first kappa shape index (κ1) is 18.6. The number of anilines is 2. The Kier molecular flexibility index (Phi) is 4.21. The molecule has 0 saturated heterocycles. The van der Waals surface area contributed by atoms with Crippen molar-refractivity contribution in [2.45, 2.75) is 70.5 Å². The molecule has 0 amide bonds. The van der Waals surface area contributed by atoms with Crippen molar-refractivity contribution < 1.29 is 5.41 Å². The fraction of sp³-hybridized carbons (Fsp3) is 0.591. The van der Waals surface area contributed by atoms with E-state index in [0.717, 1.165) is 37.3 Å².